The van der Waals surface area contributed by atoms with Crippen LogP contribution in [-0.4, -0.2) is 15.9 Å². The van der Waals surface area contributed by atoms with Crippen molar-refractivity contribution < 1.29 is 34.7 Å². The van der Waals surface area contributed by atoms with Gasteiger partial charge in [-0.15, -0.1) is 17.5 Å². The first-order chi connectivity index (χ1) is 23.5. The van der Waals surface area contributed by atoms with Crippen LogP contribution in [0.5, 0.6) is 11.5 Å². The van der Waals surface area contributed by atoms with Gasteiger partial charge in [-0.3, -0.25) is 9.78 Å². The van der Waals surface area contributed by atoms with E-state index in [1.54, 1.807) is 0 Å². The second-order valence-electron chi connectivity index (χ2n) is 16.9. The first kappa shape index (κ1) is 42.4. The zero-order valence-electron chi connectivity index (χ0n) is 33.4. The Morgan fingerprint density at radius 3 is 1.92 bits per heavy atom. The minimum Gasteiger partial charge on any atom is -0.512 e. The Labute approximate surface area is 322 Å². The first-order valence-corrected chi connectivity index (χ1v) is 19.0. The summed E-state index contributed by atoms with van der Waals surface area (Å²) in [5.41, 5.74) is 4.35. The van der Waals surface area contributed by atoms with Crippen LogP contribution in [-0.2, 0) is 37.7 Å². The molecule has 0 aliphatic carbocycles. The maximum Gasteiger partial charge on any atom is 0.165 e. The van der Waals surface area contributed by atoms with E-state index in [1.807, 2.05) is 6.20 Å². The van der Waals surface area contributed by atoms with E-state index in [0.29, 0.717) is 0 Å². The molecule has 51 heavy (non-hydrogen) atoms. The number of ether oxygens (including phenoxy) is 1. The molecule has 1 aliphatic rings. The number of nitrogens with zero attached hydrogens (tertiary/aromatic N) is 1. The fourth-order valence-electron chi connectivity index (χ4n) is 7.73. The van der Waals surface area contributed by atoms with Crippen LogP contribution in [0.1, 0.15) is 133 Å². The van der Waals surface area contributed by atoms with Crippen molar-refractivity contribution in [3.63, 3.8) is 0 Å². The van der Waals surface area contributed by atoms with Crippen molar-refractivity contribution in [1.29, 1.82) is 0 Å². The Bertz CT molecular complexity index is 1830. The first-order valence-electron chi connectivity index (χ1n) is 19.0. The molecule has 0 unspecified atom stereocenters. The van der Waals surface area contributed by atoms with E-state index < -0.39 is 0 Å². The van der Waals surface area contributed by atoms with E-state index in [-0.39, 0.29) is 53.3 Å². The smallest absolute Gasteiger partial charge is 0.165 e. The van der Waals surface area contributed by atoms with Crippen LogP contribution in [0.4, 0.5) is 0 Å². The molecular weight excluding hydrogens is 807 g/mol. The van der Waals surface area contributed by atoms with Crippen molar-refractivity contribution >= 4 is 27.3 Å². The van der Waals surface area contributed by atoms with Gasteiger partial charge in [0.2, 0.25) is 0 Å². The van der Waals surface area contributed by atoms with E-state index in [4.69, 9.17) is 9.72 Å². The van der Waals surface area contributed by atoms with Crippen molar-refractivity contribution in [2.24, 2.45) is 21.7 Å². The number of carbonyl (C=O) groups excluding carboxylic acids is 1. The Morgan fingerprint density at radius 1 is 0.804 bits per heavy atom. The number of ketones is 1. The van der Waals surface area contributed by atoms with Gasteiger partial charge >= 0.3 is 0 Å². The molecule has 1 N–H and O–H groups in total. The van der Waals surface area contributed by atoms with E-state index in [1.165, 1.54) is 28.0 Å². The van der Waals surface area contributed by atoms with Gasteiger partial charge in [-0.25, -0.2) is 0 Å². The van der Waals surface area contributed by atoms with Gasteiger partial charge in [-0.1, -0.05) is 124 Å². The van der Waals surface area contributed by atoms with Gasteiger partial charge in [0.25, 0.3) is 0 Å². The van der Waals surface area contributed by atoms with Crippen molar-refractivity contribution in [2.75, 3.05) is 0 Å². The van der Waals surface area contributed by atoms with Crippen molar-refractivity contribution in [2.45, 2.75) is 134 Å². The molecule has 1 aromatic heterocycles. The van der Waals surface area contributed by atoms with Crippen LogP contribution >= 0.6 is 0 Å². The molecule has 279 valence electrons. The van der Waals surface area contributed by atoms with Crippen LogP contribution in [0.2, 0.25) is 0 Å². The summed E-state index contributed by atoms with van der Waals surface area (Å²) in [6.45, 7) is 26.1. The third-order valence-electron chi connectivity index (χ3n) is 11.2. The molecule has 1 radical (unpaired) electrons. The number of carbonyl (C=O) groups is 1. The minimum atomic E-state index is -0.297. The van der Waals surface area contributed by atoms with E-state index in [0.717, 1.165) is 84.9 Å². The Hall–Kier alpha value is -3.01. The van der Waals surface area contributed by atoms with Gasteiger partial charge in [-0.2, -0.15) is 0 Å². The summed E-state index contributed by atoms with van der Waals surface area (Å²) in [7, 11) is 0. The molecular formula is C46H62IrNO3-. The van der Waals surface area contributed by atoms with Crippen LogP contribution in [0.3, 0.4) is 0 Å². The molecule has 3 aromatic carbocycles. The molecule has 1 aliphatic heterocycles. The zero-order valence-corrected chi connectivity index (χ0v) is 35.8. The molecule has 0 saturated carbocycles. The zero-order chi connectivity index (χ0) is 37.1. The number of aromatic nitrogens is 1. The van der Waals surface area contributed by atoms with Crippen LogP contribution in [0.25, 0.3) is 32.8 Å². The summed E-state index contributed by atoms with van der Waals surface area (Å²) < 4.78 is 6.72. The van der Waals surface area contributed by atoms with Crippen LogP contribution < -0.4 is 4.74 Å². The molecule has 5 rings (SSSR count). The van der Waals surface area contributed by atoms with Gasteiger partial charge in [0.1, 0.15) is 11.5 Å². The fraction of sp³-hybridized carbons (Fsp3) is 0.522. The number of rotatable bonds is 11. The second-order valence-corrected chi connectivity index (χ2v) is 16.9. The molecule has 4 nitrogen and oxygen atoms in total. The number of fused-ring (bicyclic) bond motifs is 3. The van der Waals surface area contributed by atoms with Crippen molar-refractivity contribution in [3.8, 4) is 22.8 Å². The quantitative estimate of drug-likeness (QED) is 0.0816. The largest absolute Gasteiger partial charge is 0.512 e. The average molecular weight is 869 g/mol. The molecule has 0 bridgehead atoms. The van der Waals surface area contributed by atoms with Gasteiger partial charge in [-0.05, 0) is 85.3 Å². The average Bonchev–Trinajstić information content (AvgIpc) is 3.06. The molecule has 2 heterocycles. The molecule has 0 saturated heterocycles. The van der Waals surface area contributed by atoms with Crippen molar-refractivity contribution in [1.82, 2.24) is 4.98 Å². The molecule has 0 amide bonds. The fourth-order valence-corrected chi connectivity index (χ4v) is 7.73. The number of pyridine rings is 1. The predicted octanol–water partition coefficient (Wildman–Crippen LogP) is 13.6. The van der Waals surface area contributed by atoms with Gasteiger partial charge < -0.3 is 9.84 Å². The third-order valence-corrected chi connectivity index (χ3v) is 11.2. The summed E-state index contributed by atoms with van der Waals surface area (Å²) in [6.07, 6.45) is 10.5. The molecule has 0 spiro atoms. The van der Waals surface area contributed by atoms with Gasteiger partial charge in [0.15, 0.2) is 5.78 Å². The summed E-state index contributed by atoms with van der Waals surface area (Å²) in [5, 5.41) is 15.0. The molecule has 5 heteroatoms. The maximum absolute atomic E-state index is 12.5. The number of aliphatic hydroxyl groups is 1. The number of benzene rings is 3. The second kappa shape index (κ2) is 16.8. The summed E-state index contributed by atoms with van der Waals surface area (Å²) in [6, 6.07) is 18.8. The number of hydrogen-bond donors (Lipinski definition) is 1. The normalized spacial score (nSPS) is 13.2. The summed E-state index contributed by atoms with van der Waals surface area (Å²) in [4.78, 5) is 17.3. The Morgan fingerprint density at radius 2 is 1.37 bits per heavy atom. The van der Waals surface area contributed by atoms with E-state index in [9.17, 15) is 9.90 Å². The topological polar surface area (TPSA) is 59.4 Å². The van der Waals surface area contributed by atoms with E-state index >= 15 is 0 Å². The summed E-state index contributed by atoms with van der Waals surface area (Å²) in [5.74, 6) is 2.22. The molecule has 0 fully saturated rings. The van der Waals surface area contributed by atoms with Crippen LogP contribution in [0, 0.1) is 27.7 Å². The third kappa shape index (κ3) is 9.14. The SMILES string of the molecule is CC(C)(C)Cc1cc2c3c(nccc3c1)-c1[c-]c3ccccc3c(CC(C)(C)C)c1O2.CCC(CC)(CC)C(=O)/C=C(\O)C(CC)(CC)CC.[Ir]. The van der Waals surface area contributed by atoms with Crippen molar-refractivity contribution in [3.05, 3.63) is 77.7 Å². The maximum atomic E-state index is 12.5. The minimum absolute atomic E-state index is 0. The Balaban J connectivity index is 0.000000306. The number of aliphatic hydroxyl groups excluding tert-OH is 1. The molecule has 4 aromatic rings. The number of allylic oxidation sites excluding steroid dienone is 2. The van der Waals surface area contributed by atoms with Gasteiger partial charge in [0.05, 0.1) is 5.75 Å². The summed E-state index contributed by atoms with van der Waals surface area (Å²) >= 11 is 0. The number of hydrogen-bond acceptors (Lipinski definition) is 4. The van der Waals surface area contributed by atoms with Crippen LogP contribution in [0.15, 0.2) is 60.5 Å². The standard InChI is InChI=1S/C29H30NO.C17H32O2.Ir/c1-28(2,3)16-18-13-20-11-12-30-26-22-15-19-9-7-8-10-21(19)23(17-29(4,5)6)27(22)31-24(14-18)25(20)26;1-7-16(8-2,9-3)14(18)13-15(19)17(10-4,11-5)12-6;/h7-14H,16-17H2,1-6H3;13,18H,7-12H2,1-6H3;/q-1;;/b;14-13-;. The molecule has 0 atom stereocenters. The van der Waals surface area contributed by atoms with E-state index in [2.05, 4.69) is 132 Å². The van der Waals surface area contributed by atoms with Gasteiger partial charge in [0, 0.05) is 54.3 Å². The Kier molecular flexibility index (Phi) is 13.9. The monoisotopic (exact) mass is 869 g/mol. The predicted molar refractivity (Wildman–Crippen MR) is 212 cm³/mol.